The number of halogens is 1. The summed E-state index contributed by atoms with van der Waals surface area (Å²) >= 11 is 0. The van der Waals surface area contributed by atoms with E-state index < -0.39 is 10.9 Å². The highest BCUT2D eigenvalue weighted by atomic mass is 19.1. The lowest BCUT2D eigenvalue weighted by Crippen LogP contribution is -1.87. The highest BCUT2D eigenvalue weighted by Gasteiger charge is 2.13. The van der Waals surface area contributed by atoms with E-state index in [1.54, 1.807) is 0 Å². The lowest BCUT2D eigenvalue weighted by atomic mass is 10.2. The number of nitro benzene ring substituents is 1. The minimum Gasteiger partial charge on any atom is -0.479 e. The first-order valence-corrected chi connectivity index (χ1v) is 6.77. The SMILES string of the molecule is O=[N+]([O-])c1ccc(-c2nc(C=Nc3ccc(F)cc3)c(O)o2)cc1. The molecule has 0 aliphatic heterocycles. The van der Waals surface area contributed by atoms with Crippen molar-refractivity contribution in [1.82, 2.24) is 4.98 Å². The molecular formula is C16H10FN3O4. The van der Waals surface area contributed by atoms with Crippen LogP contribution in [0.5, 0.6) is 5.95 Å². The van der Waals surface area contributed by atoms with E-state index in [0.29, 0.717) is 11.3 Å². The quantitative estimate of drug-likeness (QED) is 0.445. The predicted molar refractivity (Wildman–Crippen MR) is 83.9 cm³/mol. The van der Waals surface area contributed by atoms with Crippen molar-refractivity contribution in [2.75, 3.05) is 0 Å². The van der Waals surface area contributed by atoms with Crippen LogP contribution in [0.1, 0.15) is 5.69 Å². The van der Waals surface area contributed by atoms with E-state index in [0.717, 1.165) is 0 Å². The molecule has 7 nitrogen and oxygen atoms in total. The second-order valence-corrected chi connectivity index (χ2v) is 4.75. The molecule has 0 aliphatic rings. The van der Waals surface area contributed by atoms with Crippen molar-refractivity contribution in [3.8, 4) is 17.4 Å². The molecule has 1 aromatic heterocycles. The molecule has 0 amide bonds. The Morgan fingerprint density at radius 2 is 1.83 bits per heavy atom. The molecule has 0 saturated heterocycles. The molecule has 1 heterocycles. The van der Waals surface area contributed by atoms with Gasteiger partial charge in [0.15, 0.2) is 5.69 Å². The zero-order chi connectivity index (χ0) is 17.1. The molecule has 24 heavy (non-hydrogen) atoms. The van der Waals surface area contributed by atoms with E-state index in [-0.39, 0.29) is 23.1 Å². The number of rotatable bonds is 4. The number of benzene rings is 2. The fraction of sp³-hybridized carbons (Fsp3) is 0. The Hall–Kier alpha value is -3.55. The zero-order valence-electron chi connectivity index (χ0n) is 12.1. The van der Waals surface area contributed by atoms with Gasteiger partial charge in [0.2, 0.25) is 5.89 Å². The van der Waals surface area contributed by atoms with Gasteiger partial charge in [-0.05, 0) is 36.4 Å². The number of nitrogens with zero attached hydrogens (tertiary/aromatic N) is 3. The molecule has 0 atom stereocenters. The van der Waals surface area contributed by atoms with E-state index in [1.807, 2.05) is 0 Å². The van der Waals surface area contributed by atoms with Crippen molar-refractivity contribution in [3.05, 3.63) is 70.2 Å². The monoisotopic (exact) mass is 327 g/mol. The third kappa shape index (κ3) is 3.27. The summed E-state index contributed by atoms with van der Waals surface area (Å²) < 4.78 is 18.0. The summed E-state index contributed by atoms with van der Waals surface area (Å²) in [4.78, 5) is 18.3. The van der Waals surface area contributed by atoms with Crippen molar-refractivity contribution < 1.29 is 18.8 Å². The Labute approximate surface area is 134 Å². The van der Waals surface area contributed by atoms with Gasteiger partial charge in [-0.25, -0.2) is 9.37 Å². The minimum absolute atomic E-state index is 0.0624. The Morgan fingerprint density at radius 3 is 2.46 bits per heavy atom. The molecule has 0 aliphatic carbocycles. The number of hydrogen-bond acceptors (Lipinski definition) is 6. The number of nitro groups is 1. The van der Waals surface area contributed by atoms with Crippen LogP contribution in [-0.4, -0.2) is 21.2 Å². The van der Waals surface area contributed by atoms with E-state index in [9.17, 15) is 19.6 Å². The van der Waals surface area contributed by atoms with Gasteiger partial charge in [0, 0.05) is 17.7 Å². The van der Waals surface area contributed by atoms with Crippen LogP contribution < -0.4 is 0 Å². The molecule has 0 fully saturated rings. The molecule has 120 valence electrons. The van der Waals surface area contributed by atoms with Crippen LogP contribution >= 0.6 is 0 Å². The summed E-state index contributed by atoms with van der Waals surface area (Å²) in [5.41, 5.74) is 0.980. The van der Waals surface area contributed by atoms with Crippen LogP contribution in [-0.2, 0) is 0 Å². The van der Waals surface area contributed by atoms with Crippen LogP contribution in [0.3, 0.4) is 0 Å². The Balaban J connectivity index is 1.84. The molecule has 8 heteroatoms. The molecule has 0 spiro atoms. The average Bonchev–Trinajstić information content (AvgIpc) is 2.95. The molecule has 0 saturated carbocycles. The molecular weight excluding hydrogens is 317 g/mol. The van der Waals surface area contributed by atoms with Crippen molar-refractivity contribution in [1.29, 1.82) is 0 Å². The summed E-state index contributed by atoms with van der Waals surface area (Å²) in [5, 5.41) is 20.4. The average molecular weight is 327 g/mol. The fourth-order valence-corrected chi connectivity index (χ4v) is 1.92. The first kappa shape index (κ1) is 15.3. The summed E-state index contributed by atoms with van der Waals surface area (Å²) in [7, 11) is 0. The van der Waals surface area contributed by atoms with Crippen molar-refractivity contribution in [3.63, 3.8) is 0 Å². The highest BCUT2D eigenvalue weighted by molar-refractivity contribution is 5.82. The third-order valence-electron chi connectivity index (χ3n) is 3.12. The van der Waals surface area contributed by atoms with Gasteiger partial charge >= 0.3 is 5.95 Å². The third-order valence-corrected chi connectivity index (χ3v) is 3.12. The fourth-order valence-electron chi connectivity index (χ4n) is 1.92. The number of non-ortho nitro benzene ring substituents is 1. The van der Waals surface area contributed by atoms with Gasteiger partial charge in [0.05, 0.1) is 16.8 Å². The molecule has 2 aromatic carbocycles. The van der Waals surface area contributed by atoms with E-state index in [4.69, 9.17) is 4.42 Å². The number of aromatic hydroxyl groups is 1. The van der Waals surface area contributed by atoms with Crippen LogP contribution in [0.4, 0.5) is 15.8 Å². The summed E-state index contributed by atoms with van der Waals surface area (Å²) in [6, 6.07) is 11.0. The largest absolute Gasteiger partial charge is 0.479 e. The van der Waals surface area contributed by atoms with E-state index in [2.05, 4.69) is 9.98 Å². The van der Waals surface area contributed by atoms with Crippen LogP contribution in [0.15, 0.2) is 57.9 Å². The van der Waals surface area contributed by atoms with Gasteiger partial charge in [-0.2, -0.15) is 0 Å². The molecule has 0 bridgehead atoms. The number of aliphatic imine (C=N–C) groups is 1. The van der Waals surface area contributed by atoms with E-state index >= 15 is 0 Å². The van der Waals surface area contributed by atoms with Gasteiger partial charge in [-0.15, -0.1) is 0 Å². The van der Waals surface area contributed by atoms with Gasteiger partial charge in [0.1, 0.15) is 5.82 Å². The molecule has 3 rings (SSSR count). The standard InChI is InChI=1S/C16H10FN3O4/c17-11-3-5-12(6-4-11)18-9-14-16(21)24-15(19-14)10-1-7-13(8-2-10)20(22)23/h1-9,21H. The number of aromatic nitrogens is 1. The summed E-state index contributed by atoms with van der Waals surface area (Å²) in [6.45, 7) is 0. The Bertz CT molecular complexity index is 902. The normalized spacial score (nSPS) is 11.0. The second kappa shape index (κ2) is 6.29. The smallest absolute Gasteiger partial charge is 0.312 e. The Morgan fingerprint density at radius 1 is 1.17 bits per heavy atom. The highest BCUT2D eigenvalue weighted by Crippen LogP contribution is 2.27. The van der Waals surface area contributed by atoms with Crippen LogP contribution in [0.25, 0.3) is 11.5 Å². The van der Waals surface area contributed by atoms with Gasteiger partial charge in [-0.1, -0.05) is 0 Å². The Kier molecular flexibility index (Phi) is 4.02. The second-order valence-electron chi connectivity index (χ2n) is 4.75. The maximum atomic E-state index is 12.8. The van der Waals surface area contributed by atoms with Gasteiger partial charge in [-0.3, -0.25) is 15.1 Å². The van der Waals surface area contributed by atoms with Crippen molar-refractivity contribution in [2.24, 2.45) is 4.99 Å². The topological polar surface area (TPSA) is 102 Å². The molecule has 3 aromatic rings. The number of oxazole rings is 1. The van der Waals surface area contributed by atoms with Crippen LogP contribution in [0.2, 0.25) is 0 Å². The summed E-state index contributed by atoms with van der Waals surface area (Å²) in [5.74, 6) is -0.712. The van der Waals surface area contributed by atoms with Gasteiger partial charge in [0.25, 0.3) is 5.69 Å². The lowest BCUT2D eigenvalue weighted by molar-refractivity contribution is -0.384. The summed E-state index contributed by atoms with van der Waals surface area (Å²) in [6.07, 6.45) is 1.28. The van der Waals surface area contributed by atoms with Gasteiger partial charge < -0.3 is 9.52 Å². The van der Waals surface area contributed by atoms with E-state index in [1.165, 1.54) is 54.7 Å². The lowest BCUT2D eigenvalue weighted by Gasteiger charge is -1.94. The maximum Gasteiger partial charge on any atom is 0.312 e. The molecule has 0 unspecified atom stereocenters. The first-order chi connectivity index (χ1) is 11.5. The van der Waals surface area contributed by atoms with Crippen LogP contribution in [0, 0.1) is 15.9 Å². The number of hydrogen-bond donors (Lipinski definition) is 1. The van der Waals surface area contributed by atoms with Crippen molar-refractivity contribution >= 4 is 17.6 Å². The molecule has 1 N–H and O–H groups in total. The zero-order valence-corrected chi connectivity index (χ0v) is 12.1. The predicted octanol–water partition coefficient (Wildman–Crippen LogP) is 3.85. The maximum absolute atomic E-state index is 12.8. The first-order valence-electron chi connectivity index (χ1n) is 6.77. The minimum atomic E-state index is -0.516. The molecule has 0 radical (unpaired) electrons. The van der Waals surface area contributed by atoms with Crippen molar-refractivity contribution in [2.45, 2.75) is 0 Å².